The molecule has 0 spiro atoms. The molecule has 0 radical (unpaired) electrons. The van der Waals surface area contributed by atoms with Gasteiger partial charge < -0.3 is 4.74 Å². The second-order valence-electron chi connectivity index (χ2n) is 9.42. The van der Waals surface area contributed by atoms with Gasteiger partial charge in [0.2, 0.25) is 5.91 Å². The third-order valence-electron chi connectivity index (χ3n) is 7.78. The molecule has 3 fully saturated rings. The third-order valence-corrected chi connectivity index (χ3v) is 7.78. The van der Waals surface area contributed by atoms with Crippen molar-refractivity contribution >= 4 is 5.91 Å². The highest BCUT2D eigenvalue weighted by atomic mass is 19.1. The molecular weight excluding hydrogens is 345 g/mol. The normalized spacial score (nSPS) is 36.7. The molecule has 0 unspecified atom stereocenters. The number of amides is 1. The van der Waals surface area contributed by atoms with Gasteiger partial charge in [0.25, 0.3) is 0 Å². The molecule has 0 bridgehead atoms. The molecule has 1 amide bonds. The van der Waals surface area contributed by atoms with Crippen molar-refractivity contribution in [1.29, 1.82) is 0 Å². The third kappa shape index (κ3) is 4.14. The first-order chi connectivity index (χ1) is 12.8. The van der Waals surface area contributed by atoms with E-state index in [2.05, 4.69) is 30.5 Å². The predicted octanol–water partition coefficient (Wildman–Crippen LogP) is 3.36. The molecule has 0 aromatic rings. The van der Waals surface area contributed by atoms with Gasteiger partial charge in [0.15, 0.2) is 0 Å². The van der Waals surface area contributed by atoms with Crippen molar-refractivity contribution in [2.75, 3.05) is 39.4 Å². The fourth-order valence-corrected chi connectivity index (χ4v) is 5.21. The van der Waals surface area contributed by atoms with Crippen LogP contribution in [-0.2, 0) is 9.53 Å². The number of hydrogen-bond acceptors (Lipinski definition) is 3. The van der Waals surface area contributed by atoms with Gasteiger partial charge in [-0.1, -0.05) is 20.8 Å². The van der Waals surface area contributed by atoms with Crippen molar-refractivity contribution < 1.29 is 13.9 Å². The zero-order chi connectivity index (χ0) is 19.7. The summed E-state index contributed by atoms with van der Waals surface area (Å²) in [5.74, 6) is 0.568. The van der Waals surface area contributed by atoms with Gasteiger partial charge in [0.05, 0.1) is 26.2 Å². The number of ether oxygens (including phenoxy) is 1. The maximum atomic E-state index is 13.6. The lowest BCUT2D eigenvalue weighted by Gasteiger charge is -2.44. The molecule has 2 heterocycles. The average molecular weight is 380 g/mol. The number of carbonyl (C=O) groups excluding carboxylic acids is 1. The molecule has 152 valence electrons. The number of carbonyl (C=O) groups is 1. The van der Waals surface area contributed by atoms with Crippen molar-refractivity contribution in [3.05, 3.63) is 11.4 Å². The molecule has 0 N–H and O–H groups in total. The molecule has 27 heavy (non-hydrogen) atoms. The highest BCUT2D eigenvalue weighted by Gasteiger charge is 2.51. The maximum Gasteiger partial charge on any atom is 0.303 e. The molecule has 2 aliphatic heterocycles. The molecular formula is C21H34FN3O2. The molecule has 2 saturated heterocycles. The highest BCUT2D eigenvalue weighted by Crippen LogP contribution is 2.58. The van der Waals surface area contributed by atoms with Gasteiger partial charge >= 0.3 is 6.17 Å². The SMILES string of the molecule is [C-]#[N+][C@@H]1C[C@H](F)CN1C(=O)CC[C@]1(C)CC[C@H](CN2CCOCC2)C1(C)C. The van der Waals surface area contributed by atoms with Crippen LogP contribution < -0.4 is 0 Å². The zero-order valence-corrected chi connectivity index (χ0v) is 17.0. The minimum atomic E-state index is -1.05. The number of nitrogens with zero attached hydrogens (tertiary/aromatic N) is 3. The van der Waals surface area contributed by atoms with Crippen molar-refractivity contribution in [3.63, 3.8) is 0 Å². The van der Waals surface area contributed by atoms with E-state index in [9.17, 15) is 9.18 Å². The summed E-state index contributed by atoms with van der Waals surface area (Å²) in [6, 6.07) is 0. The minimum absolute atomic E-state index is 0.0511. The molecule has 4 atom stereocenters. The van der Waals surface area contributed by atoms with E-state index in [0.717, 1.165) is 45.7 Å². The first-order valence-electron chi connectivity index (χ1n) is 10.4. The Balaban J connectivity index is 1.57. The Morgan fingerprint density at radius 2 is 2.00 bits per heavy atom. The number of alkyl halides is 1. The lowest BCUT2D eigenvalue weighted by Crippen LogP contribution is -2.44. The Morgan fingerprint density at radius 3 is 2.67 bits per heavy atom. The predicted molar refractivity (Wildman–Crippen MR) is 103 cm³/mol. The zero-order valence-electron chi connectivity index (χ0n) is 17.0. The van der Waals surface area contributed by atoms with E-state index < -0.39 is 12.3 Å². The number of likely N-dealkylation sites (tertiary alicyclic amines) is 1. The van der Waals surface area contributed by atoms with Gasteiger partial charge in [0, 0.05) is 26.1 Å². The van der Waals surface area contributed by atoms with E-state index in [4.69, 9.17) is 11.3 Å². The standard InChI is InChI=1S/C21H34FN3O2/c1-20(2)16(14-24-9-11-27-12-10-24)5-7-21(20,3)8-6-19(26)25-15-17(22)13-18(25)23-4/h16-18H,5-15H2,1-3H3/t16-,17+,18+,21+/m1/s1. The van der Waals surface area contributed by atoms with Crippen LogP contribution in [-0.4, -0.2) is 67.4 Å². The van der Waals surface area contributed by atoms with Crippen LogP contribution in [0.25, 0.3) is 4.85 Å². The largest absolute Gasteiger partial charge is 0.379 e. The summed E-state index contributed by atoms with van der Waals surface area (Å²) in [5.41, 5.74) is 0.250. The van der Waals surface area contributed by atoms with Crippen LogP contribution >= 0.6 is 0 Å². The molecule has 3 rings (SSSR count). The van der Waals surface area contributed by atoms with Crippen LogP contribution in [0.5, 0.6) is 0 Å². The summed E-state index contributed by atoms with van der Waals surface area (Å²) in [6.45, 7) is 19.1. The fourth-order valence-electron chi connectivity index (χ4n) is 5.21. The monoisotopic (exact) mass is 379 g/mol. The summed E-state index contributed by atoms with van der Waals surface area (Å²) in [7, 11) is 0. The Kier molecular flexibility index (Phi) is 6.12. The van der Waals surface area contributed by atoms with Crippen LogP contribution in [0.4, 0.5) is 4.39 Å². The molecule has 3 aliphatic rings. The summed E-state index contributed by atoms with van der Waals surface area (Å²) in [5, 5.41) is 0. The molecule has 0 aromatic carbocycles. The fraction of sp³-hybridized carbons (Fsp3) is 0.905. The average Bonchev–Trinajstić information content (AvgIpc) is 3.13. The first kappa shape index (κ1) is 20.5. The molecule has 1 saturated carbocycles. The summed E-state index contributed by atoms with van der Waals surface area (Å²) in [4.78, 5) is 20.1. The topological polar surface area (TPSA) is 37.1 Å². The van der Waals surface area contributed by atoms with E-state index in [1.165, 1.54) is 11.3 Å². The number of hydrogen-bond donors (Lipinski definition) is 0. The van der Waals surface area contributed by atoms with Crippen LogP contribution in [0.2, 0.25) is 0 Å². The van der Waals surface area contributed by atoms with E-state index in [0.29, 0.717) is 12.3 Å². The van der Waals surface area contributed by atoms with Gasteiger partial charge in [-0.05, 0) is 36.0 Å². The van der Waals surface area contributed by atoms with E-state index >= 15 is 0 Å². The van der Waals surface area contributed by atoms with Crippen molar-refractivity contribution in [3.8, 4) is 0 Å². The minimum Gasteiger partial charge on any atom is -0.379 e. The number of rotatable bonds is 5. The Labute approximate surface area is 163 Å². The van der Waals surface area contributed by atoms with Crippen molar-refractivity contribution in [1.82, 2.24) is 9.80 Å². The molecule has 0 aromatic heterocycles. The van der Waals surface area contributed by atoms with Gasteiger partial charge in [-0.3, -0.25) is 19.4 Å². The summed E-state index contributed by atoms with van der Waals surface area (Å²) >= 11 is 0. The van der Waals surface area contributed by atoms with Crippen LogP contribution in [0.15, 0.2) is 0 Å². The first-order valence-corrected chi connectivity index (χ1v) is 10.4. The van der Waals surface area contributed by atoms with E-state index in [1.54, 1.807) is 0 Å². The quantitative estimate of drug-likeness (QED) is 0.688. The van der Waals surface area contributed by atoms with Crippen LogP contribution in [0.1, 0.15) is 52.9 Å². The van der Waals surface area contributed by atoms with Gasteiger partial charge in [-0.25, -0.2) is 11.0 Å². The van der Waals surface area contributed by atoms with E-state index in [1.807, 2.05) is 0 Å². The number of morpholine rings is 1. The van der Waals surface area contributed by atoms with E-state index in [-0.39, 0.29) is 29.7 Å². The molecule has 1 aliphatic carbocycles. The highest BCUT2D eigenvalue weighted by molar-refractivity contribution is 5.77. The van der Waals surface area contributed by atoms with Crippen LogP contribution in [0.3, 0.4) is 0 Å². The second-order valence-corrected chi connectivity index (χ2v) is 9.42. The Morgan fingerprint density at radius 1 is 1.30 bits per heavy atom. The second kappa shape index (κ2) is 8.05. The lowest BCUT2D eigenvalue weighted by atomic mass is 9.63. The Bertz CT molecular complexity index is 584. The van der Waals surface area contributed by atoms with Crippen LogP contribution in [0, 0.1) is 23.3 Å². The van der Waals surface area contributed by atoms with Gasteiger partial charge in [-0.2, -0.15) is 0 Å². The van der Waals surface area contributed by atoms with Gasteiger partial charge in [-0.15, -0.1) is 0 Å². The molecule has 6 heteroatoms. The summed E-state index contributed by atoms with van der Waals surface area (Å²) < 4.78 is 19.1. The molecule has 5 nitrogen and oxygen atoms in total. The Hall–Kier alpha value is -1.19. The smallest absolute Gasteiger partial charge is 0.303 e. The maximum absolute atomic E-state index is 13.6. The summed E-state index contributed by atoms with van der Waals surface area (Å²) in [6.07, 6.45) is 2.06. The number of halogens is 1. The van der Waals surface area contributed by atoms with Crippen molar-refractivity contribution in [2.24, 2.45) is 16.7 Å². The van der Waals surface area contributed by atoms with Gasteiger partial charge in [0.1, 0.15) is 6.17 Å². The lowest BCUT2D eigenvalue weighted by molar-refractivity contribution is -0.132. The van der Waals surface area contributed by atoms with Crippen molar-refractivity contribution in [2.45, 2.75) is 65.2 Å².